The number of hydrogen-bond acceptors (Lipinski definition) is 2. The van der Waals surface area contributed by atoms with Gasteiger partial charge in [-0.15, -0.1) is 0 Å². The Morgan fingerprint density at radius 2 is 1.74 bits per heavy atom. The molecule has 5 atom stereocenters. The van der Waals surface area contributed by atoms with Gasteiger partial charge in [-0.3, -0.25) is 0 Å². The second-order valence-corrected chi connectivity index (χ2v) is 9.18. The number of amides is 2. The number of nitrogens with one attached hydrogen (secondary N) is 2. The zero-order valence-electron chi connectivity index (χ0n) is 15.4. The Morgan fingerprint density at radius 1 is 1.09 bits per heavy atom. The minimum absolute atomic E-state index is 0.0641. The van der Waals surface area contributed by atoms with E-state index in [1.807, 2.05) is 0 Å². The highest BCUT2D eigenvalue weighted by atomic mass is 16.2. The zero-order chi connectivity index (χ0) is 16.6. The predicted molar refractivity (Wildman–Crippen MR) is 94.5 cm³/mol. The summed E-state index contributed by atoms with van der Waals surface area (Å²) in [5, 5.41) is 6.55. The van der Waals surface area contributed by atoms with Crippen LogP contribution in [0.5, 0.6) is 0 Å². The van der Waals surface area contributed by atoms with Crippen molar-refractivity contribution in [1.29, 1.82) is 0 Å². The van der Waals surface area contributed by atoms with Gasteiger partial charge in [-0.25, -0.2) is 4.79 Å². The van der Waals surface area contributed by atoms with Gasteiger partial charge in [-0.2, -0.15) is 0 Å². The summed E-state index contributed by atoms with van der Waals surface area (Å²) in [6.07, 6.45) is 9.70. The number of rotatable bonds is 2. The predicted octanol–water partition coefficient (Wildman–Crippen LogP) is 3.52. The SMILES string of the molecule is C[C@@H]1CC(C)(C)CC[C@@H]1NC(=O)NC1C[C@H]2CCC[C@@H](C1)N2C. The van der Waals surface area contributed by atoms with Crippen molar-refractivity contribution in [2.45, 2.75) is 96.3 Å². The maximum Gasteiger partial charge on any atom is 0.315 e. The van der Waals surface area contributed by atoms with Crippen molar-refractivity contribution in [1.82, 2.24) is 15.5 Å². The molecule has 0 aromatic carbocycles. The summed E-state index contributed by atoms with van der Waals surface area (Å²) in [6.45, 7) is 6.97. The lowest BCUT2D eigenvalue weighted by molar-refractivity contribution is 0.0504. The molecule has 0 spiro atoms. The Balaban J connectivity index is 1.48. The standard InChI is InChI=1S/C19H35N3O/c1-13-12-19(2,3)9-8-17(13)21-18(23)20-14-10-15-6-5-7-16(11-14)22(15)4/h13-17H,5-12H2,1-4H3,(H2,20,21,23)/t13-,14?,15-,16+,17+/m1/s1. The molecule has 2 N–H and O–H groups in total. The molecule has 2 saturated heterocycles. The molecule has 4 heteroatoms. The van der Waals surface area contributed by atoms with Crippen molar-refractivity contribution >= 4 is 6.03 Å². The van der Waals surface area contributed by atoms with Gasteiger partial charge in [0.25, 0.3) is 0 Å². The number of hydrogen-bond donors (Lipinski definition) is 2. The summed E-state index contributed by atoms with van der Waals surface area (Å²) >= 11 is 0. The van der Waals surface area contributed by atoms with Gasteiger partial charge >= 0.3 is 6.03 Å². The molecule has 3 fully saturated rings. The third-order valence-electron chi connectivity index (χ3n) is 6.69. The molecule has 1 aliphatic carbocycles. The molecular weight excluding hydrogens is 286 g/mol. The molecular formula is C19H35N3O. The van der Waals surface area contributed by atoms with Crippen LogP contribution in [-0.4, -0.2) is 42.1 Å². The monoisotopic (exact) mass is 321 g/mol. The van der Waals surface area contributed by atoms with Gasteiger partial charge in [0.05, 0.1) is 0 Å². The van der Waals surface area contributed by atoms with E-state index in [-0.39, 0.29) is 6.03 Å². The molecule has 2 amide bonds. The first kappa shape index (κ1) is 17.1. The summed E-state index contributed by atoms with van der Waals surface area (Å²) < 4.78 is 0. The highest BCUT2D eigenvalue weighted by Crippen LogP contribution is 2.38. The fourth-order valence-electron chi connectivity index (χ4n) is 5.29. The Hall–Kier alpha value is -0.770. The molecule has 1 unspecified atom stereocenters. The van der Waals surface area contributed by atoms with E-state index >= 15 is 0 Å². The van der Waals surface area contributed by atoms with Crippen molar-refractivity contribution in [2.75, 3.05) is 7.05 Å². The molecule has 1 saturated carbocycles. The molecule has 2 heterocycles. The van der Waals surface area contributed by atoms with Crippen molar-refractivity contribution in [2.24, 2.45) is 11.3 Å². The number of urea groups is 1. The van der Waals surface area contributed by atoms with Crippen LogP contribution in [0.15, 0.2) is 0 Å². The third-order valence-corrected chi connectivity index (χ3v) is 6.69. The highest BCUT2D eigenvalue weighted by molar-refractivity contribution is 5.74. The van der Waals surface area contributed by atoms with Crippen LogP contribution in [0.4, 0.5) is 4.79 Å². The number of carbonyl (C=O) groups is 1. The van der Waals surface area contributed by atoms with Gasteiger partial charge in [0.2, 0.25) is 0 Å². The van der Waals surface area contributed by atoms with Crippen molar-refractivity contribution in [3.63, 3.8) is 0 Å². The second-order valence-electron chi connectivity index (χ2n) is 9.18. The lowest BCUT2D eigenvalue weighted by Crippen LogP contribution is -2.57. The van der Waals surface area contributed by atoms with Gasteiger partial charge < -0.3 is 15.5 Å². The number of carbonyl (C=O) groups excluding carboxylic acids is 1. The smallest absolute Gasteiger partial charge is 0.315 e. The molecule has 3 aliphatic rings. The maximum absolute atomic E-state index is 12.5. The first-order chi connectivity index (χ1) is 10.8. The van der Waals surface area contributed by atoms with Crippen molar-refractivity contribution < 1.29 is 4.79 Å². The molecule has 132 valence electrons. The Bertz CT molecular complexity index is 422. The first-order valence-electron chi connectivity index (χ1n) is 9.63. The van der Waals surface area contributed by atoms with E-state index in [9.17, 15) is 4.79 Å². The van der Waals surface area contributed by atoms with Crippen LogP contribution < -0.4 is 10.6 Å². The number of nitrogens with zero attached hydrogens (tertiary/aromatic N) is 1. The van der Waals surface area contributed by atoms with E-state index in [4.69, 9.17) is 0 Å². The Morgan fingerprint density at radius 3 is 2.35 bits per heavy atom. The number of fused-ring (bicyclic) bond motifs is 2. The summed E-state index contributed by atoms with van der Waals surface area (Å²) in [6, 6.07) is 2.10. The summed E-state index contributed by atoms with van der Waals surface area (Å²) in [7, 11) is 2.26. The topological polar surface area (TPSA) is 44.4 Å². The van der Waals surface area contributed by atoms with Crippen LogP contribution in [0.25, 0.3) is 0 Å². The minimum Gasteiger partial charge on any atom is -0.335 e. The van der Waals surface area contributed by atoms with E-state index < -0.39 is 0 Å². The van der Waals surface area contributed by atoms with E-state index in [1.165, 1.54) is 32.1 Å². The number of piperidine rings is 2. The second kappa shape index (κ2) is 6.62. The minimum atomic E-state index is 0.0641. The van der Waals surface area contributed by atoms with Crippen molar-refractivity contribution in [3.05, 3.63) is 0 Å². The average Bonchev–Trinajstić information content (AvgIpc) is 2.43. The van der Waals surface area contributed by atoms with Crippen LogP contribution in [0, 0.1) is 11.3 Å². The normalized spacial score (nSPS) is 40.4. The lowest BCUT2D eigenvalue weighted by atomic mass is 9.70. The molecule has 4 nitrogen and oxygen atoms in total. The van der Waals surface area contributed by atoms with Gasteiger partial charge in [-0.1, -0.05) is 27.2 Å². The third kappa shape index (κ3) is 4.01. The van der Waals surface area contributed by atoms with Gasteiger partial charge in [0.1, 0.15) is 0 Å². The Labute approximate surface area is 141 Å². The largest absolute Gasteiger partial charge is 0.335 e. The van der Waals surface area contributed by atoms with Crippen molar-refractivity contribution in [3.8, 4) is 0 Å². The summed E-state index contributed by atoms with van der Waals surface area (Å²) in [5.41, 5.74) is 0.430. The quantitative estimate of drug-likeness (QED) is 0.817. The van der Waals surface area contributed by atoms with Crippen LogP contribution in [-0.2, 0) is 0 Å². The van der Waals surface area contributed by atoms with Crippen LogP contribution >= 0.6 is 0 Å². The molecule has 2 bridgehead atoms. The van der Waals surface area contributed by atoms with Gasteiger partial charge in [0, 0.05) is 24.2 Å². The van der Waals surface area contributed by atoms with E-state index in [1.54, 1.807) is 0 Å². The molecule has 2 aliphatic heterocycles. The van der Waals surface area contributed by atoms with E-state index in [2.05, 4.69) is 43.4 Å². The maximum atomic E-state index is 12.5. The fraction of sp³-hybridized carbons (Fsp3) is 0.947. The molecule has 3 rings (SSSR count). The van der Waals surface area contributed by atoms with Crippen LogP contribution in [0.3, 0.4) is 0 Å². The fourth-order valence-corrected chi connectivity index (χ4v) is 5.29. The molecule has 0 aromatic heterocycles. The first-order valence-corrected chi connectivity index (χ1v) is 9.63. The average molecular weight is 322 g/mol. The lowest BCUT2D eigenvalue weighted by Gasteiger charge is -2.47. The molecule has 23 heavy (non-hydrogen) atoms. The van der Waals surface area contributed by atoms with Gasteiger partial charge in [-0.05, 0) is 63.3 Å². The van der Waals surface area contributed by atoms with E-state index in [0.717, 1.165) is 19.3 Å². The Kier molecular flexibility index (Phi) is 4.91. The molecule has 0 radical (unpaired) electrons. The summed E-state index contributed by atoms with van der Waals surface area (Å²) in [4.78, 5) is 15.0. The van der Waals surface area contributed by atoms with Crippen LogP contribution in [0.1, 0.15) is 72.1 Å². The van der Waals surface area contributed by atoms with E-state index in [0.29, 0.717) is 35.5 Å². The highest BCUT2D eigenvalue weighted by Gasteiger charge is 2.37. The summed E-state index contributed by atoms with van der Waals surface area (Å²) in [5.74, 6) is 0.571. The van der Waals surface area contributed by atoms with Crippen LogP contribution in [0.2, 0.25) is 0 Å². The molecule has 0 aromatic rings. The zero-order valence-corrected chi connectivity index (χ0v) is 15.4. The van der Waals surface area contributed by atoms with Gasteiger partial charge in [0.15, 0.2) is 0 Å².